The number of benzene rings is 1. The van der Waals surface area contributed by atoms with Crippen LogP contribution in [0.4, 0.5) is 9.59 Å². The van der Waals surface area contributed by atoms with E-state index in [9.17, 15) is 43.8 Å². The fourth-order valence-electron chi connectivity index (χ4n) is 5.84. The molecule has 1 rings (SSSR count). The van der Waals surface area contributed by atoms with Gasteiger partial charge in [0.1, 0.15) is 24.2 Å². The van der Waals surface area contributed by atoms with Crippen molar-refractivity contribution in [2.24, 2.45) is 5.92 Å². The highest BCUT2D eigenvalue weighted by Gasteiger charge is 2.50. The van der Waals surface area contributed by atoms with Crippen LogP contribution in [0.2, 0.25) is 0 Å². The Labute approximate surface area is 365 Å². The van der Waals surface area contributed by atoms with Gasteiger partial charge in [-0.05, 0) is 50.3 Å². The highest BCUT2D eigenvalue weighted by atomic mass is 16.7. The van der Waals surface area contributed by atoms with Gasteiger partial charge in [-0.15, -0.1) is 5.92 Å². The summed E-state index contributed by atoms with van der Waals surface area (Å²) in [7, 11) is 5.63. The maximum atomic E-state index is 14.2. The molecule has 0 saturated heterocycles. The normalized spacial score (nSPS) is 13.8. The molecule has 0 saturated carbocycles. The quantitative estimate of drug-likeness (QED) is 0.0279. The number of amides is 3. The number of aliphatic carboxylic acids is 1. The summed E-state index contributed by atoms with van der Waals surface area (Å²) in [6.45, 7) is 6.44. The van der Waals surface area contributed by atoms with Gasteiger partial charge < -0.3 is 49.0 Å². The van der Waals surface area contributed by atoms with Gasteiger partial charge in [-0.1, -0.05) is 75.7 Å². The van der Waals surface area contributed by atoms with E-state index < -0.39 is 72.6 Å². The monoisotopic (exact) mass is 873 g/mol. The number of hydrogen-bond donors (Lipinski definition) is 3. The summed E-state index contributed by atoms with van der Waals surface area (Å²) >= 11 is 0. The number of unbranched alkanes of at least 4 members (excludes halogenated alkanes) is 8. The molecule has 1 aromatic carbocycles. The Kier molecular flexibility index (Phi) is 26.0. The fourth-order valence-corrected chi connectivity index (χ4v) is 5.84. The third kappa shape index (κ3) is 21.8. The van der Waals surface area contributed by atoms with Gasteiger partial charge >= 0.3 is 30.1 Å². The van der Waals surface area contributed by atoms with Gasteiger partial charge in [-0.2, -0.15) is 0 Å². The van der Waals surface area contributed by atoms with Crippen LogP contribution < -0.4 is 10.1 Å². The Balaban J connectivity index is 3.37. The largest absolute Gasteiger partial charge is 0.481 e. The van der Waals surface area contributed by atoms with Crippen molar-refractivity contribution in [3.05, 3.63) is 42.0 Å². The Morgan fingerprint density at radius 3 is 1.87 bits per heavy atom. The summed E-state index contributed by atoms with van der Waals surface area (Å²) in [6, 6.07) is 4.93. The molecular formula is C45H67N3O14. The molecule has 1 aromatic rings. The minimum atomic E-state index is -3.14. The molecular weight excluding hydrogens is 807 g/mol. The lowest BCUT2D eigenvalue weighted by Gasteiger charge is -2.31. The van der Waals surface area contributed by atoms with Crippen LogP contribution in [0.25, 0.3) is 0 Å². The van der Waals surface area contributed by atoms with E-state index in [2.05, 4.69) is 24.1 Å². The minimum Gasteiger partial charge on any atom is -0.481 e. The van der Waals surface area contributed by atoms with Gasteiger partial charge in [-0.3, -0.25) is 14.4 Å². The molecule has 0 radical (unpaired) electrons. The molecule has 0 heterocycles. The molecule has 346 valence electrons. The van der Waals surface area contributed by atoms with Crippen LogP contribution in [0.15, 0.2) is 36.4 Å². The summed E-state index contributed by atoms with van der Waals surface area (Å²) in [5.74, 6) is -1.29. The summed E-state index contributed by atoms with van der Waals surface area (Å²) in [6.07, 6.45) is 6.18. The lowest BCUT2D eigenvalue weighted by atomic mass is 9.82. The number of carbonyl (C=O) groups is 7. The van der Waals surface area contributed by atoms with Crippen LogP contribution in [0, 0.1) is 17.8 Å². The van der Waals surface area contributed by atoms with Crippen LogP contribution in [-0.4, -0.2) is 121 Å². The van der Waals surface area contributed by atoms with E-state index in [0.717, 1.165) is 60.8 Å². The molecule has 0 aliphatic carbocycles. The number of Topliss-reactive ketones (excluding diaryl/α,β-unsaturated/α-hetero) is 1. The summed E-state index contributed by atoms with van der Waals surface area (Å²) in [4.78, 5) is 92.2. The van der Waals surface area contributed by atoms with Crippen LogP contribution in [0.1, 0.15) is 117 Å². The molecule has 2 unspecified atom stereocenters. The van der Waals surface area contributed by atoms with Gasteiger partial charge in [-0.25, -0.2) is 19.2 Å². The maximum Gasteiger partial charge on any atom is 0.412 e. The number of ether oxygens (including phenoxy) is 5. The molecule has 0 spiro atoms. The SMILES string of the molecule is CC#CCOc1ccc(C[C@H](NC(=O)[C@@H](C=CCCCCCCC(=O)CCCCCCC)[C@@](O)(CC(=O)OC(C)OC(=O)N(C)C)C(=O)O)C(=O)OC(C)OC(=O)N(C)C)cc1. The number of rotatable bonds is 29. The van der Waals surface area contributed by atoms with Crippen LogP contribution in [-0.2, 0) is 49.3 Å². The van der Waals surface area contributed by atoms with Crippen molar-refractivity contribution in [2.45, 2.75) is 142 Å². The van der Waals surface area contributed by atoms with Crippen molar-refractivity contribution in [2.75, 3.05) is 34.8 Å². The topological polar surface area (TPSA) is 225 Å². The van der Waals surface area contributed by atoms with Gasteiger partial charge in [0, 0.05) is 61.3 Å². The number of carboxylic acid groups (broad SMARTS) is 1. The Morgan fingerprint density at radius 2 is 1.34 bits per heavy atom. The summed E-state index contributed by atoms with van der Waals surface area (Å²) in [5.41, 5.74) is -2.64. The van der Waals surface area contributed by atoms with Crippen molar-refractivity contribution >= 4 is 41.8 Å². The Morgan fingerprint density at radius 1 is 0.790 bits per heavy atom. The smallest absolute Gasteiger partial charge is 0.412 e. The highest BCUT2D eigenvalue weighted by Crippen LogP contribution is 2.27. The van der Waals surface area contributed by atoms with Crippen molar-refractivity contribution in [1.82, 2.24) is 15.1 Å². The molecule has 0 fully saturated rings. The molecule has 17 nitrogen and oxygen atoms in total. The molecule has 0 bridgehead atoms. The second-order valence-electron chi connectivity index (χ2n) is 15.2. The first-order chi connectivity index (χ1) is 29.3. The number of nitrogens with zero attached hydrogens (tertiary/aromatic N) is 2. The van der Waals surface area contributed by atoms with E-state index in [1.807, 2.05) is 0 Å². The number of carboxylic acids is 1. The van der Waals surface area contributed by atoms with Crippen molar-refractivity contribution in [3.8, 4) is 17.6 Å². The average molecular weight is 874 g/mol. The first-order valence-electron chi connectivity index (χ1n) is 21.1. The molecule has 0 aliphatic heterocycles. The van der Waals surface area contributed by atoms with E-state index in [1.165, 1.54) is 54.5 Å². The van der Waals surface area contributed by atoms with Gasteiger partial charge in [0.25, 0.3) is 0 Å². The van der Waals surface area contributed by atoms with Crippen molar-refractivity contribution < 1.29 is 67.5 Å². The minimum absolute atomic E-state index is 0.139. The molecule has 62 heavy (non-hydrogen) atoms. The van der Waals surface area contributed by atoms with Crippen LogP contribution >= 0.6 is 0 Å². The van der Waals surface area contributed by atoms with Crippen LogP contribution in [0.3, 0.4) is 0 Å². The van der Waals surface area contributed by atoms with E-state index in [0.29, 0.717) is 37.0 Å². The number of esters is 2. The van der Waals surface area contributed by atoms with E-state index in [-0.39, 0.29) is 18.8 Å². The third-order valence-corrected chi connectivity index (χ3v) is 9.34. The lowest BCUT2D eigenvalue weighted by molar-refractivity contribution is -0.183. The van der Waals surface area contributed by atoms with E-state index in [4.69, 9.17) is 23.7 Å². The third-order valence-electron chi connectivity index (χ3n) is 9.34. The number of hydrogen-bond acceptors (Lipinski definition) is 13. The first kappa shape index (κ1) is 54.4. The Hall–Kier alpha value is -5.63. The predicted octanol–water partition coefficient (Wildman–Crippen LogP) is 5.94. The zero-order valence-corrected chi connectivity index (χ0v) is 37.6. The standard InChI is InChI=1S/C45H67N3O14/c1-9-11-13-16-19-22-35(49)23-20-17-14-15-18-21-24-37(45(57,42(53)54)31-39(50)59-32(3)61-43(55)47(5)6)40(51)46-38(41(52)60-33(4)62-44(56)48(7)8)30-34-25-27-36(28-26-34)58-29-12-10-2/h21,24-28,32-33,37-38,57H,9,11,13-20,22-23,29-31H2,1-8H3,(H,46,51)(H,53,54)/t32?,33?,37-,38+,45+/m1/s1. The number of carbonyl (C=O) groups excluding carboxylic acids is 6. The molecule has 0 aliphatic rings. The Bertz CT molecular complexity index is 1680. The number of aliphatic hydroxyl groups is 1. The van der Waals surface area contributed by atoms with Crippen molar-refractivity contribution in [3.63, 3.8) is 0 Å². The highest BCUT2D eigenvalue weighted by molar-refractivity contribution is 5.95. The second-order valence-corrected chi connectivity index (χ2v) is 15.2. The lowest BCUT2D eigenvalue weighted by Crippen LogP contribution is -2.56. The molecule has 0 aromatic heterocycles. The number of nitrogens with one attached hydrogen (secondary N) is 1. The average Bonchev–Trinajstić information content (AvgIpc) is 3.20. The van der Waals surface area contributed by atoms with E-state index in [1.54, 1.807) is 31.2 Å². The molecule has 3 amide bonds. The molecule has 3 N–H and O–H groups in total. The van der Waals surface area contributed by atoms with E-state index >= 15 is 0 Å². The fraction of sp³-hybridized carbons (Fsp3) is 0.622. The van der Waals surface area contributed by atoms with Crippen molar-refractivity contribution in [1.29, 1.82) is 0 Å². The molecule has 5 atom stereocenters. The molecule has 17 heteroatoms. The zero-order valence-electron chi connectivity index (χ0n) is 37.6. The zero-order chi connectivity index (χ0) is 46.7. The second kappa shape index (κ2) is 29.6. The summed E-state index contributed by atoms with van der Waals surface area (Å²) in [5, 5.41) is 24.5. The van der Waals surface area contributed by atoms with Crippen LogP contribution in [0.5, 0.6) is 5.75 Å². The van der Waals surface area contributed by atoms with Gasteiger partial charge in [0.05, 0.1) is 12.3 Å². The van der Waals surface area contributed by atoms with Gasteiger partial charge in [0.2, 0.25) is 18.5 Å². The number of allylic oxidation sites excluding steroid dienone is 1. The van der Waals surface area contributed by atoms with Gasteiger partial charge in [0.15, 0.2) is 5.60 Å². The summed E-state index contributed by atoms with van der Waals surface area (Å²) < 4.78 is 26.1. The first-order valence-corrected chi connectivity index (χ1v) is 21.1. The predicted molar refractivity (Wildman–Crippen MR) is 228 cm³/mol. The number of ketones is 1. The maximum absolute atomic E-state index is 14.2.